The highest BCUT2D eigenvalue weighted by atomic mass is 32.2. The summed E-state index contributed by atoms with van der Waals surface area (Å²) in [5.74, 6) is 0.309. The van der Waals surface area contributed by atoms with Gasteiger partial charge in [-0.25, -0.2) is 0 Å². The number of amides is 2. The molecule has 0 atom stereocenters. The number of para-hydroxylation sites is 1. The Labute approximate surface area is 204 Å². The minimum absolute atomic E-state index is 0.120. The maximum atomic E-state index is 12.9. The average molecular weight is 500 g/mol. The van der Waals surface area contributed by atoms with Gasteiger partial charge in [0.2, 0.25) is 0 Å². The number of furan rings is 2. The molecule has 4 aromatic rings. The van der Waals surface area contributed by atoms with Crippen LogP contribution in [0.15, 0.2) is 49.6 Å². The van der Waals surface area contributed by atoms with E-state index in [1.165, 1.54) is 23.1 Å². The summed E-state index contributed by atoms with van der Waals surface area (Å²) in [6, 6.07) is 10.8. The Morgan fingerprint density at radius 2 is 1.79 bits per heavy atom. The number of aromatic nitrogens is 2. The number of hydrazine groups is 1. The van der Waals surface area contributed by atoms with Crippen LogP contribution in [0.25, 0.3) is 11.0 Å². The molecule has 0 saturated carbocycles. The summed E-state index contributed by atoms with van der Waals surface area (Å²) in [6.45, 7) is 8.39. The van der Waals surface area contributed by atoms with Gasteiger partial charge in [-0.15, -0.1) is 10.2 Å². The average Bonchev–Trinajstić information content (AvgIpc) is 3.57. The van der Waals surface area contributed by atoms with Crippen molar-refractivity contribution < 1.29 is 18.4 Å². The molecule has 9 nitrogen and oxygen atoms in total. The van der Waals surface area contributed by atoms with Crippen LogP contribution in [-0.2, 0) is 12.3 Å². The van der Waals surface area contributed by atoms with Crippen molar-refractivity contribution in [1.82, 2.24) is 25.9 Å². The normalized spacial score (nSPS) is 11.3. The Morgan fingerprint density at radius 3 is 2.53 bits per heavy atom. The lowest BCUT2D eigenvalue weighted by atomic mass is 10.1. The van der Waals surface area contributed by atoms with Crippen LogP contribution in [-0.4, -0.2) is 40.0 Å². The van der Waals surface area contributed by atoms with Gasteiger partial charge in [0.1, 0.15) is 16.4 Å². The molecule has 0 bridgehead atoms. The summed E-state index contributed by atoms with van der Waals surface area (Å²) in [5.41, 5.74) is 6.16. The van der Waals surface area contributed by atoms with Gasteiger partial charge in [-0.1, -0.05) is 55.1 Å². The first-order chi connectivity index (χ1) is 16.5. The Bertz CT molecular complexity index is 1290. The molecule has 2 N–H and O–H groups in total. The molecule has 34 heavy (non-hydrogen) atoms. The van der Waals surface area contributed by atoms with Crippen LogP contribution in [0.4, 0.5) is 0 Å². The molecule has 4 rings (SSSR count). The second-order valence-electron chi connectivity index (χ2n) is 7.42. The molecule has 0 saturated heterocycles. The summed E-state index contributed by atoms with van der Waals surface area (Å²) in [6.07, 6.45) is 0. The number of nitrogens with one attached hydrogen (secondary N) is 2. The lowest BCUT2D eigenvalue weighted by Crippen LogP contribution is -2.41. The van der Waals surface area contributed by atoms with E-state index in [1.54, 1.807) is 18.2 Å². The summed E-state index contributed by atoms with van der Waals surface area (Å²) < 4.78 is 12.3. The van der Waals surface area contributed by atoms with Crippen LogP contribution in [0.5, 0.6) is 0 Å². The van der Waals surface area contributed by atoms with Gasteiger partial charge in [0, 0.05) is 16.7 Å². The molecule has 0 aliphatic rings. The molecule has 2 amide bonds. The first-order valence-corrected chi connectivity index (χ1v) is 12.6. The van der Waals surface area contributed by atoms with Gasteiger partial charge < -0.3 is 8.83 Å². The number of rotatable bonds is 9. The minimum atomic E-state index is -0.552. The Kier molecular flexibility index (Phi) is 7.66. The van der Waals surface area contributed by atoms with E-state index in [0.29, 0.717) is 23.6 Å². The molecule has 0 aliphatic heterocycles. The Hall–Kier alpha value is -3.15. The molecular weight excluding hydrogens is 474 g/mol. The zero-order valence-electron chi connectivity index (χ0n) is 19.1. The van der Waals surface area contributed by atoms with Gasteiger partial charge in [0.05, 0.1) is 6.54 Å². The molecule has 0 unspecified atom stereocenters. The molecule has 11 heteroatoms. The number of nitrogens with zero attached hydrogens (tertiary/aromatic N) is 3. The fourth-order valence-electron chi connectivity index (χ4n) is 3.38. The number of fused-ring (bicyclic) bond motifs is 1. The highest BCUT2D eigenvalue weighted by Gasteiger charge is 2.22. The molecule has 1 aromatic carbocycles. The van der Waals surface area contributed by atoms with Gasteiger partial charge in [-0.2, -0.15) is 0 Å². The predicted molar refractivity (Wildman–Crippen MR) is 131 cm³/mol. The SMILES string of the molecule is CCN(CC)Cc1ccc(C(=O)NNC(=O)c2oc3ccccc3c2CSc2nnc(C)s2)o1. The van der Waals surface area contributed by atoms with Crippen molar-refractivity contribution in [3.8, 4) is 0 Å². The maximum Gasteiger partial charge on any atom is 0.305 e. The first kappa shape index (κ1) is 24.0. The Balaban J connectivity index is 1.44. The van der Waals surface area contributed by atoms with Gasteiger partial charge in [-0.05, 0) is 38.2 Å². The van der Waals surface area contributed by atoms with Crippen molar-refractivity contribution in [3.05, 3.63) is 64.3 Å². The minimum Gasteiger partial charge on any atom is -0.454 e. The van der Waals surface area contributed by atoms with Crippen molar-refractivity contribution in [2.75, 3.05) is 13.1 Å². The standard InChI is InChI=1S/C23H25N5O4S2/c1-4-28(5-2)12-15-10-11-19(31-15)21(29)25-26-22(30)20-17(13-33-23-27-24-14(3)34-23)16-8-6-7-9-18(16)32-20/h6-11H,4-5,12-13H2,1-3H3,(H,25,29)(H,26,30). The van der Waals surface area contributed by atoms with E-state index in [2.05, 4.69) is 39.8 Å². The van der Waals surface area contributed by atoms with E-state index < -0.39 is 11.8 Å². The van der Waals surface area contributed by atoms with Crippen molar-refractivity contribution in [2.24, 2.45) is 0 Å². The molecule has 0 radical (unpaired) electrons. The summed E-state index contributed by atoms with van der Waals surface area (Å²) >= 11 is 2.96. The fraction of sp³-hybridized carbons (Fsp3) is 0.304. The summed E-state index contributed by atoms with van der Waals surface area (Å²) in [4.78, 5) is 27.6. The molecule has 178 valence electrons. The lowest BCUT2D eigenvalue weighted by Gasteiger charge is -2.15. The van der Waals surface area contributed by atoms with Crippen LogP contribution < -0.4 is 10.9 Å². The number of benzene rings is 1. The third-order valence-electron chi connectivity index (χ3n) is 5.20. The summed E-state index contributed by atoms with van der Waals surface area (Å²) in [7, 11) is 0. The second kappa shape index (κ2) is 10.9. The van der Waals surface area contributed by atoms with Gasteiger partial charge in [0.15, 0.2) is 15.9 Å². The first-order valence-electron chi connectivity index (χ1n) is 10.8. The van der Waals surface area contributed by atoms with E-state index in [9.17, 15) is 9.59 Å². The molecule has 0 spiro atoms. The molecule has 0 fully saturated rings. The monoisotopic (exact) mass is 499 g/mol. The largest absolute Gasteiger partial charge is 0.454 e. The molecule has 0 aliphatic carbocycles. The van der Waals surface area contributed by atoms with Crippen molar-refractivity contribution in [2.45, 2.75) is 37.4 Å². The van der Waals surface area contributed by atoms with Crippen LogP contribution in [0.2, 0.25) is 0 Å². The van der Waals surface area contributed by atoms with E-state index in [1.807, 2.05) is 25.1 Å². The van der Waals surface area contributed by atoms with E-state index in [0.717, 1.165) is 33.4 Å². The van der Waals surface area contributed by atoms with Crippen LogP contribution in [0.3, 0.4) is 0 Å². The molecule has 3 heterocycles. The number of aryl methyl sites for hydroxylation is 1. The number of carbonyl (C=O) groups is 2. The number of carbonyl (C=O) groups excluding carboxylic acids is 2. The van der Waals surface area contributed by atoms with Gasteiger partial charge in [-0.3, -0.25) is 25.3 Å². The van der Waals surface area contributed by atoms with E-state index in [-0.39, 0.29) is 11.5 Å². The van der Waals surface area contributed by atoms with Crippen molar-refractivity contribution >= 4 is 45.9 Å². The van der Waals surface area contributed by atoms with Crippen LogP contribution in [0.1, 0.15) is 51.3 Å². The highest BCUT2D eigenvalue weighted by molar-refractivity contribution is 8.00. The lowest BCUT2D eigenvalue weighted by molar-refractivity contribution is 0.0815. The van der Waals surface area contributed by atoms with Gasteiger partial charge >= 0.3 is 11.8 Å². The maximum absolute atomic E-state index is 12.9. The fourth-order valence-corrected chi connectivity index (χ4v) is 5.22. The van der Waals surface area contributed by atoms with Crippen molar-refractivity contribution in [3.63, 3.8) is 0 Å². The number of thioether (sulfide) groups is 1. The van der Waals surface area contributed by atoms with Crippen LogP contribution in [0, 0.1) is 6.92 Å². The van der Waals surface area contributed by atoms with E-state index in [4.69, 9.17) is 8.83 Å². The number of hydrogen-bond acceptors (Lipinski definition) is 9. The Morgan fingerprint density at radius 1 is 1.03 bits per heavy atom. The topological polar surface area (TPSA) is 114 Å². The molecular formula is C23H25N5O4S2. The predicted octanol–water partition coefficient (Wildman–Crippen LogP) is 4.39. The van der Waals surface area contributed by atoms with Crippen LogP contribution >= 0.6 is 23.1 Å². The number of hydrogen-bond donors (Lipinski definition) is 2. The van der Waals surface area contributed by atoms with Gasteiger partial charge in [0.25, 0.3) is 0 Å². The quantitative estimate of drug-likeness (QED) is 0.257. The highest BCUT2D eigenvalue weighted by Crippen LogP contribution is 2.33. The zero-order valence-corrected chi connectivity index (χ0v) is 20.7. The summed E-state index contributed by atoms with van der Waals surface area (Å²) in [5, 5.41) is 9.86. The van der Waals surface area contributed by atoms with Crippen molar-refractivity contribution in [1.29, 1.82) is 0 Å². The zero-order chi connectivity index (χ0) is 24.1. The molecule has 3 aromatic heterocycles. The second-order valence-corrected chi connectivity index (χ2v) is 9.82. The third-order valence-corrected chi connectivity index (χ3v) is 7.20. The third kappa shape index (κ3) is 5.49. The smallest absolute Gasteiger partial charge is 0.305 e. The van der Waals surface area contributed by atoms with E-state index >= 15 is 0 Å².